The number of ether oxygens (including phenoxy) is 1. The molecule has 1 N–H and O–H groups in total. The van der Waals surface area contributed by atoms with E-state index < -0.39 is 17.2 Å². The first-order chi connectivity index (χ1) is 9.69. The quantitative estimate of drug-likeness (QED) is 0.903. The molecule has 0 aliphatic heterocycles. The molecule has 0 aliphatic carbocycles. The Labute approximate surface area is 118 Å². The van der Waals surface area contributed by atoms with Gasteiger partial charge in [0.2, 0.25) is 0 Å². The number of rotatable bonds is 5. The van der Waals surface area contributed by atoms with Crippen LogP contribution < -0.4 is 13.6 Å². The van der Waals surface area contributed by atoms with Gasteiger partial charge in [-0.15, -0.1) is 0 Å². The molecule has 104 valence electrons. The summed E-state index contributed by atoms with van der Waals surface area (Å²) in [6.45, 7) is 0. The van der Waals surface area contributed by atoms with E-state index in [1.54, 1.807) is 31.4 Å². The third kappa shape index (κ3) is 3.79. The second kappa shape index (κ2) is 6.67. The molecule has 1 aromatic carbocycles. The Morgan fingerprint density at radius 1 is 1.10 bits per heavy atom. The fourth-order valence-corrected chi connectivity index (χ4v) is 1.97. The number of carbonyl (C=O) groups is 1. The van der Waals surface area contributed by atoms with Crippen LogP contribution in [0, 0.1) is 0 Å². The normalized spacial score (nSPS) is 11.4. The number of hydrogen-bond donors (Lipinski definition) is 1. The molecule has 7 heteroatoms. The number of pyridine rings is 1. The predicted molar refractivity (Wildman–Crippen MR) is 73.5 cm³/mol. The number of hydrogen-bond acceptors (Lipinski definition) is 5. The minimum atomic E-state index is -1.97. The van der Waals surface area contributed by atoms with Gasteiger partial charge in [-0.1, -0.05) is 0 Å². The molecule has 0 saturated carbocycles. The van der Waals surface area contributed by atoms with Gasteiger partial charge in [0.25, 0.3) is 5.91 Å². The van der Waals surface area contributed by atoms with Crippen molar-refractivity contribution in [1.29, 1.82) is 0 Å². The molecule has 0 bridgehead atoms. The Morgan fingerprint density at radius 2 is 1.70 bits per heavy atom. The summed E-state index contributed by atoms with van der Waals surface area (Å²) in [6, 6.07) is 9.54. The maximum absolute atomic E-state index is 11.7. The summed E-state index contributed by atoms with van der Waals surface area (Å²) in [5.74, 6) is 0.516. The summed E-state index contributed by atoms with van der Waals surface area (Å²) < 4.78 is 24.0. The molecule has 0 spiro atoms. The fraction of sp³-hybridized carbons (Fsp3) is 0.0769. The minimum absolute atomic E-state index is 0.353. The molecule has 0 saturated heterocycles. The lowest BCUT2D eigenvalue weighted by Gasteiger charge is -2.06. The van der Waals surface area contributed by atoms with Crippen molar-refractivity contribution in [3.05, 3.63) is 54.4 Å². The number of aromatic nitrogens is 1. The van der Waals surface area contributed by atoms with Crippen molar-refractivity contribution in [3.63, 3.8) is 0 Å². The number of nitrogens with one attached hydrogen (secondary N) is 1. The van der Waals surface area contributed by atoms with Gasteiger partial charge >= 0.3 is 11.3 Å². The largest absolute Gasteiger partial charge is 0.497 e. The van der Waals surface area contributed by atoms with E-state index in [1.165, 1.54) is 24.5 Å². The highest BCUT2D eigenvalue weighted by Crippen LogP contribution is 2.17. The van der Waals surface area contributed by atoms with Crippen LogP contribution in [0.25, 0.3) is 0 Å². The third-order valence-corrected chi connectivity index (χ3v) is 3.05. The third-order valence-electron chi connectivity index (χ3n) is 2.35. The highest BCUT2D eigenvalue weighted by Gasteiger charge is 2.10. The minimum Gasteiger partial charge on any atom is -0.497 e. The topological polar surface area (TPSA) is 77.5 Å². The SMILES string of the molecule is COc1ccc(OS(=O)NC(=O)c2ccncc2)cc1. The van der Waals surface area contributed by atoms with Gasteiger partial charge in [-0.2, -0.15) is 4.21 Å². The number of benzene rings is 1. The van der Waals surface area contributed by atoms with E-state index in [-0.39, 0.29) is 0 Å². The van der Waals surface area contributed by atoms with Gasteiger partial charge in [0.05, 0.1) is 7.11 Å². The number of carbonyl (C=O) groups excluding carboxylic acids is 1. The van der Waals surface area contributed by atoms with Crippen molar-refractivity contribution in [2.45, 2.75) is 0 Å². The van der Waals surface area contributed by atoms with Gasteiger partial charge in [-0.05, 0) is 36.4 Å². The van der Waals surface area contributed by atoms with E-state index in [0.717, 1.165) is 0 Å². The van der Waals surface area contributed by atoms with E-state index in [0.29, 0.717) is 17.1 Å². The summed E-state index contributed by atoms with van der Waals surface area (Å²) in [5.41, 5.74) is 0.353. The van der Waals surface area contributed by atoms with Crippen LogP contribution in [-0.2, 0) is 11.3 Å². The molecule has 20 heavy (non-hydrogen) atoms. The number of nitrogens with zero attached hydrogens (tertiary/aromatic N) is 1. The number of methoxy groups -OCH3 is 1. The highest BCUT2D eigenvalue weighted by molar-refractivity contribution is 7.79. The zero-order chi connectivity index (χ0) is 14.4. The van der Waals surface area contributed by atoms with Gasteiger partial charge in [-0.25, -0.2) is 4.72 Å². The van der Waals surface area contributed by atoms with Gasteiger partial charge in [0.1, 0.15) is 11.5 Å². The molecule has 1 atom stereocenters. The molecule has 0 aliphatic rings. The molecule has 6 nitrogen and oxygen atoms in total. The Bertz CT molecular complexity index is 602. The van der Waals surface area contributed by atoms with Crippen molar-refractivity contribution >= 4 is 17.2 Å². The summed E-state index contributed by atoms with van der Waals surface area (Å²) in [4.78, 5) is 15.5. The molecule has 2 rings (SSSR count). The molecule has 0 fully saturated rings. The van der Waals surface area contributed by atoms with Crippen LogP contribution in [0.3, 0.4) is 0 Å². The standard InChI is InChI=1S/C13H12N2O4S/c1-18-11-2-4-12(5-3-11)19-20(17)15-13(16)10-6-8-14-9-7-10/h2-9H,1H3,(H,15,16). The van der Waals surface area contributed by atoms with E-state index in [1.807, 2.05) is 0 Å². The molecule has 1 unspecified atom stereocenters. The average Bonchev–Trinajstić information content (AvgIpc) is 2.49. The van der Waals surface area contributed by atoms with Crippen molar-refractivity contribution < 1.29 is 17.9 Å². The maximum atomic E-state index is 11.7. The maximum Gasteiger partial charge on any atom is 0.318 e. The average molecular weight is 292 g/mol. The van der Waals surface area contributed by atoms with Gasteiger partial charge in [-0.3, -0.25) is 9.78 Å². The molecular weight excluding hydrogens is 280 g/mol. The smallest absolute Gasteiger partial charge is 0.318 e. The fourth-order valence-electron chi connectivity index (χ4n) is 1.38. The van der Waals surface area contributed by atoms with Crippen LogP contribution >= 0.6 is 0 Å². The second-order valence-corrected chi connectivity index (χ2v) is 4.50. The van der Waals surface area contributed by atoms with E-state index in [9.17, 15) is 9.00 Å². The van der Waals surface area contributed by atoms with Crippen molar-refractivity contribution in [1.82, 2.24) is 9.71 Å². The molecule has 2 aromatic rings. The first-order valence-corrected chi connectivity index (χ1v) is 6.71. The molecule has 1 heterocycles. The molecule has 0 radical (unpaired) electrons. The Kier molecular flexibility index (Phi) is 4.67. The second-order valence-electron chi connectivity index (χ2n) is 3.66. The summed E-state index contributed by atoms with van der Waals surface area (Å²) >= 11 is -1.97. The zero-order valence-electron chi connectivity index (χ0n) is 10.6. The van der Waals surface area contributed by atoms with Crippen LogP contribution in [0.5, 0.6) is 11.5 Å². The summed E-state index contributed by atoms with van der Waals surface area (Å²) in [6.07, 6.45) is 2.95. The molecule has 1 amide bonds. The first-order valence-electron chi connectivity index (χ1n) is 5.64. The van der Waals surface area contributed by atoms with Crippen LogP contribution in [0.15, 0.2) is 48.8 Å². The lowest BCUT2D eigenvalue weighted by atomic mass is 10.3. The van der Waals surface area contributed by atoms with E-state index in [4.69, 9.17) is 8.92 Å². The Balaban J connectivity index is 1.93. The van der Waals surface area contributed by atoms with E-state index in [2.05, 4.69) is 9.71 Å². The monoisotopic (exact) mass is 292 g/mol. The highest BCUT2D eigenvalue weighted by atomic mass is 32.2. The Hall–Kier alpha value is -2.41. The van der Waals surface area contributed by atoms with Crippen molar-refractivity contribution in [2.75, 3.05) is 7.11 Å². The molecular formula is C13H12N2O4S. The zero-order valence-corrected chi connectivity index (χ0v) is 11.4. The van der Waals surface area contributed by atoms with Crippen molar-refractivity contribution in [2.24, 2.45) is 0 Å². The van der Waals surface area contributed by atoms with Crippen LogP contribution in [0.2, 0.25) is 0 Å². The Morgan fingerprint density at radius 3 is 2.30 bits per heavy atom. The lowest BCUT2D eigenvalue weighted by Crippen LogP contribution is -2.28. The van der Waals surface area contributed by atoms with Crippen LogP contribution in [0.1, 0.15) is 10.4 Å². The summed E-state index contributed by atoms with van der Waals surface area (Å²) in [5, 5.41) is 0. The van der Waals surface area contributed by atoms with Gasteiger partial charge in [0.15, 0.2) is 0 Å². The van der Waals surface area contributed by atoms with E-state index >= 15 is 0 Å². The van der Waals surface area contributed by atoms with Gasteiger partial charge in [0, 0.05) is 18.0 Å². The lowest BCUT2D eigenvalue weighted by molar-refractivity contribution is 0.0981. The van der Waals surface area contributed by atoms with Crippen LogP contribution in [0.4, 0.5) is 0 Å². The van der Waals surface area contributed by atoms with Gasteiger partial charge < -0.3 is 8.92 Å². The van der Waals surface area contributed by atoms with Crippen molar-refractivity contribution in [3.8, 4) is 11.5 Å². The first kappa shape index (κ1) is 14.0. The number of amides is 1. The predicted octanol–water partition coefficient (Wildman–Crippen LogP) is 1.48. The molecule has 1 aromatic heterocycles. The van der Waals surface area contributed by atoms with Crippen LogP contribution in [-0.4, -0.2) is 22.2 Å². The summed E-state index contributed by atoms with van der Waals surface area (Å²) in [7, 11) is 1.54.